The lowest BCUT2D eigenvalue weighted by Gasteiger charge is -2.26. The van der Waals surface area contributed by atoms with E-state index in [1.54, 1.807) is 31.2 Å². The Hall–Kier alpha value is -2.25. The van der Waals surface area contributed by atoms with Gasteiger partial charge in [0.1, 0.15) is 11.8 Å². The number of likely N-dealkylation sites (tertiary alicyclic amines) is 1. The molecule has 132 valence electrons. The van der Waals surface area contributed by atoms with Crippen molar-refractivity contribution in [2.24, 2.45) is 0 Å². The van der Waals surface area contributed by atoms with E-state index in [1.165, 1.54) is 7.11 Å². The van der Waals surface area contributed by atoms with Gasteiger partial charge in [-0.05, 0) is 37.5 Å². The number of rotatable bonds is 4. The van der Waals surface area contributed by atoms with Gasteiger partial charge in [0.25, 0.3) is 0 Å². The summed E-state index contributed by atoms with van der Waals surface area (Å²) >= 11 is 0. The average Bonchev–Trinajstić information content (AvgIpc) is 3.02. The van der Waals surface area contributed by atoms with Crippen LogP contribution in [0.5, 0.6) is 5.75 Å². The molecule has 0 spiro atoms. The minimum absolute atomic E-state index is 0.0622. The average molecular weight is 344 g/mol. The van der Waals surface area contributed by atoms with Gasteiger partial charge in [-0.2, -0.15) is 13.2 Å². The fraction of sp³-hybridized carbons (Fsp3) is 0.500. The highest BCUT2D eigenvalue weighted by Gasteiger charge is 2.47. The first-order valence-electron chi connectivity index (χ1n) is 7.56. The number of hydrogen-bond acceptors (Lipinski definition) is 3. The van der Waals surface area contributed by atoms with Crippen molar-refractivity contribution in [3.05, 3.63) is 29.8 Å². The summed E-state index contributed by atoms with van der Waals surface area (Å²) in [6, 6.07) is 5.50. The molecule has 1 aliphatic heterocycles. The maximum absolute atomic E-state index is 12.6. The first-order chi connectivity index (χ1) is 11.2. The second kappa shape index (κ2) is 7.11. The SMILES string of the molecule is COc1ccc(C(C)NC(=O)C2CCCN2C(=O)C(F)(F)F)cc1. The highest BCUT2D eigenvalue weighted by molar-refractivity contribution is 5.90. The number of carbonyl (C=O) groups is 2. The van der Waals surface area contributed by atoms with Crippen molar-refractivity contribution in [2.45, 2.75) is 38.0 Å². The van der Waals surface area contributed by atoms with Crippen LogP contribution in [-0.2, 0) is 9.59 Å². The quantitative estimate of drug-likeness (QED) is 0.913. The number of ether oxygens (including phenoxy) is 1. The van der Waals surface area contributed by atoms with Crippen LogP contribution in [0.3, 0.4) is 0 Å². The van der Waals surface area contributed by atoms with E-state index >= 15 is 0 Å². The van der Waals surface area contributed by atoms with Gasteiger partial charge in [0.05, 0.1) is 13.2 Å². The molecule has 1 aliphatic rings. The number of carbonyl (C=O) groups excluding carboxylic acids is 2. The Kier molecular flexibility index (Phi) is 5.36. The smallest absolute Gasteiger partial charge is 0.471 e. The molecular weight excluding hydrogens is 325 g/mol. The Morgan fingerprint density at radius 1 is 1.29 bits per heavy atom. The summed E-state index contributed by atoms with van der Waals surface area (Å²) in [5.74, 6) is -1.87. The van der Waals surface area contributed by atoms with Crippen molar-refractivity contribution in [1.29, 1.82) is 0 Å². The lowest BCUT2D eigenvalue weighted by atomic mass is 10.1. The van der Waals surface area contributed by atoms with E-state index in [1.807, 2.05) is 0 Å². The molecule has 1 heterocycles. The minimum atomic E-state index is -4.97. The van der Waals surface area contributed by atoms with E-state index < -0.39 is 30.1 Å². The van der Waals surface area contributed by atoms with Crippen LogP contribution in [0.25, 0.3) is 0 Å². The van der Waals surface area contributed by atoms with Gasteiger partial charge >= 0.3 is 12.1 Å². The number of nitrogens with one attached hydrogen (secondary N) is 1. The maximum Gasteiger partial charge on any atom is 0.471 e. The predicted molar refractivity (Wildman–Crippen MR) is 80.3 cm³/mol. The molecule has 0 aromatic heterocycles. The number of alkyl halides is 3. The molecule has 1 N–H and O–H groups in total. The second-order valence-electron chi connectivity index (χ2n) is 5.66. The molecule has 2 rings (SSSR count). The van der Waals surface area contributed by atoms with Crippen LogP contribution in [0.4, 0.5) is 13.2 Å². The lowest BCUT2D eigenvalue weighted by Crippen LogP contribution is -2.50. The standard InChI is InChI=1S/C16H19F3N2O3/c1-10(11-5-7-12(24-2)8-6-11)20-14(22)13-4-3-9-21(13)15(23)16(17,18)19/h5-8,10,13H,3-4,9H2,1-2H3,(H,20,22). The molecular formula is C16H19F3N2O3. The van der Waals surface area contributed by atoms with Crippen LogP contribution >= 0.6 is 0 Å². The van der Waals surface area contributed by atoms with Crippen LogP contribution in [0.1, 0.15) is 31.4 Å². The summed E-state index contributed by atoms with van der Waals surface area (Å²) in [6.45, 7) is 1.66. The van der Waals surface area contributed by atoms with E-state index in [0.29, 0.717) is 17.1 Å². The largest absolute Gasteiger partial charge is 0.497 e. The summed E-state index contributed by atoms with van der Waals surface area (Å²) < 4.78 is 42.9. The fourth-order valence-electron chi connectivity index (χ4n) is 2.73. The monoisotopic (exact) mass is 344 g/mol. The number of amides is 2. The molecule has 0 saturated carbocycles. The zero-order valence-electron chi connectivity index (χ0n) is 13.4. The van der Waals surface area contributed by atoms with Crippen LogP contribution in [0.15, 0.2) is 24.3 Å². The Labute approximate surface area is 137 Å². The van der Waals surface area contributed by atoms with Gasteiger partial charge < -0.3 is 15.0 Å². The Morgan fingerprint density at radius 3 is 2.46 bits per heavy atom. The third-order valence-electron chi connectivity index (χ3n) is 4.03. The Balaban J connectivity index is 2.03. The Bertz CT molecular complexity index is 602. The normalized spacial score (nSPS) is 19.0. The summed E-state index contributed by atoms with van der Waals surface area (Å²) in [4.78, 5) is 24.3. The van der Waals surface area contributed by atoms with Crippen LogP contribution < -0.4 is 10.1 Å². The number of methoxy groups -OCH3 is 1. The van der Waals surface area contributed by atoms with Gasteiger partial charge in [0, 0.05) is 6.54 Å². The Morgan fingerprint density at radius 2 is 1.92 bits per heavy atom. The van der Waals surface area contributed by atoms with E-state index in [9.17, 15) is 22.8 Å². The third kappa shape index (κ3) is 3.98. The number of nitrogens with zero attached hydrogens (tertiary/aromatic N) is 1. The second-order valence-corrected chi connectivity index (χ2v) is 5.66. The molecule has 1 saturated heterocycles. The van der Waals surface area contributed by atoms with Crippen molar-refractivity contribution in [2.75, 3.05) is 13.7 Å². The molecule has 1 aromatic rings. The molecule has 24 heavy (non-hydrogen) atoms. The van der Waals surface area contributed by atoms with Crippen LogP contribution in [0, 0.1) is 0 Å². The zero-order valence-corrected chi connectivity index (χ0v) is 13.4. The summed E-state index contributed by atoms with van der Waals surface area (Å²) in [7, 11) is 1.53. The van der Waals surface area contributed by atoms with Gasteiger partial charge in [-0.15, -0.1) is 0 Å². The summed E-state index contributed by atoms with van der Waals surface area (Å²) in [5, 5.41) is 2.67. The van der Waals surface area contributed by atoms with E-state index in [2.05, 4.69) is 5.32 Å². The van der Waals surface area contributed by atoms with Crippen molar-refractivity contribution in [1.82, 2.24) is 10.2 Å². The maximum atomic E-state index is 12.6. The highest BCUT2D eigenvalue weighted by atomic mass is 19.4. The van der Waals surface area contributed by atoms with Crippen molar-refractivity contribution < 1.29 is 27.5 Å². The van der Waals surface area contributed by atoms with E-state index in [0.717, 1.165) is 5.56 Å². The van der Waals surface area contributed by atoms with Crippen molar-refractivity contribution >= 4 is 11.8 Å². The molecule has 0 bridgehead atoms. The van der Waals surface area contributed by atoms with Gasteiger partial charge in [-0.3, -0.25) is 9.59 Å². The molecule has 2 unspecified atom stereocenters. The topological polar surface area (TPSA) is 58.6 Å². The summed E-state index contributed by atoms with van der Waals surface area (Å²) in [5.41, 5.74) is 0.788. The van der Waals surface area contributed by atoms with Crippen LogP contribution in [-0.4, -0.2) is 42.6 Å². The van der Waals surface area contributed by atoms with Gasteiger partial charge in [-0.1, -0.05) is 12.1 Å². The van der Waals surface area contributed by atoms with Gasteiger partial charge in [0.15, 0.2) is 0 Å². The zero-order chi connectivity index (χ0) is 17.9. The van der Waals surface area contributed by atoms with Crippen molar-refractivity contribution in [3.63, 3.8) is 0 Å². The molecule has 1 fully saturated rings. The van der Waals surface area contributed by atoms with Crippen molar-refractivity contribution in [3.8, 4) is 5.75 Å². The lowest BCUT2D eigenvalue weighted by molar-refractivity contribution is -0.186. The number of benzene rings is 1. The molecule has 0 aliphatic carbocycles. The number of halogens is 3. The summed E-state index contributed by atoms with van der Waals surface area (Å²) in [6.07, 6.45) is -4.37. The molecule has 5 nitrogen and oxygen atoms in total. The molecule has 8 heteroatoms. The van der Waals surface area contributed by atoms with Gasteiger partial charge in [-0.25, -0.2) is 0 Å². The van der Waals surface area contributed by atoms with Crippen LogP contribution in [0.2, 0.25) is 0 Å². The van der Waals surface area contributed by atoms with Gasteiger partial charge in [0.2, 0.25) is 5.91 Å². The molecule has 1 aromatic carbocycles. The highest BCUT2D eigenvalue weighted by Crippen LogP contribution is 2.26. The molecule has 2 atom stereocenters. The van der Waals surface area contributed by atoms with E-state index in [4.69, 9.17) is 4.74 Å². The first kappa shape index (κ1) is 18.1. The fourth-order valence-corrected chi connectivity index (χ4v) is 2.73. The first-order valence-corrected chi connectivity index (χ1v) is 7.56. The minimum Gasteiger partial charge on any atom is -0.497 e. The third-order valence-corrected chi connectivity index (χ3v) is 4.03. The number of hydrogen-bond donors (Lipinski definition) is 1. The van der Waals surface area contributed by atoms with E-state index in [-0.39, 0.29) is 13.0 Å². The predicted octanol–water partition coefficient (Wildman–Crippen LogP) is 2.43. The molecule has 0 radical (unpaired) electrons. The molecule has 2 amide bonds.